The summed E-state index contributed by atoms with van der Waals surface area (Å²) in [5, 5.41) is 13.2. The number of thiophene rings is 1. The number of Topliss-reactive ketones (excluding diaryl/α,β-unsaturated/α-hetero) is 1. The van der Waals surface area contributed by atoms with E-state index >= 15 is 0 Å². The molecule has 2 saturated heterocycles. The smallest absolute Gasteiger partial charge is 0.295 e. The molecule has 0 spiro atoms. The second-order valence-corrected chi connectivity index (χ2v) is 9.98. The molecule has 0 aliphatic carbocycles. The van der Waals surface area contributed by atoms with Crippen molar-refractivity contribution in [3.05, 3.63) is 57.3 Å². The summed E-state index contributed by atoms with van der Waals surface area (Å²) < 4.78 is 11.2. The summed E-state index contributed by atoms with van der Waals surface area (Å²) in [7, 11) is 0. The molecule has 2 aromatic rings. The summed E-state index contributed by atoms with van der Waals surface area (Å²) >= 11 is 1.48. The molecule has 1 N–H and O–H groups in total. The van der Waals surface area contributed by atoms with Crippen molar-refractivity contribution < 1.29 is 24.2 Å². The topological polar surface area (TPSA) is 79.3 Å². The minimum atomic E-state index is -0.631. The number of rotatable bonds is 10. The molecule has 35 heavy (non-hydrogen) atoms. The van der Waals surface area contributed by atoms with E-state index in [1.54, 1.807) is 11.0 Å². The van der Waals surface area contributed by atoms with Crippen molar-refractivity contribution in [2.75, 3.05) is 46.0 Å². The highest BCUT2D eigenvalue weighted by Crippen LogP contribution is 2.41. The lowest BCUT2D eigenvalue weighted by Crippen LogP contribution is -2.38. The first-order valence-electron chi connectivity index (χ1n) is 12.4. The SMILES string of the molecule is CCCCOc1ccc(C(O)=C2C(=O)C(=O)N(CCCN3CCOCC3)[C@H]2c2cccs2)cc1C. The van der Waals surface area contributed by atoms with Gasteiger partial charge in [-0.25, -0.2) is 0 Å². The normalized spacial score (nSPS) is 20.5. The van der Waals surface area contributed by atoms with Crippen LogP contribution < -0.4 is 4.74 Å². The van der Waals surface area contributed by atoms with Crippen molar-refractivity contribution in [3.63, 3.8) is 0 Å². The number of ether oxygens (including phenoxy) is 2. The number of carbonyl (C=O) groups excluding carboxylic acids is 2. The molecule has 2 aliphatic heterocycles. The Morgan fingerprint density at radius 3 is 2.66 bits per heavy atom. The van der Waals surface area contributed by atoms with Crippen LogP contribution in [0, 0.1) is 6.92 Å². The summed E-state index contributed by atoms with van der Waals surface area (Å²) in [6, 6.07) is 8.62. The van der Waals surface area contributed by atoms with Crippen molar-refractivity contribution in [2.45, 2.75) is 39.2 Å². The number of hydrogen-bond donors (Lipinski definition) is 1. The van der Waals surface area contributed by atoms with Gasteiger partial charge in [0.1, 0.15) is 11.5 Å². The minimum absolute atomic E-state index is 0.138. The largest absolute Gasteiger partial charge is 0.507 e. The number of hydrogen-bond acceptors (Lipinski definition) is 7. The second kappa shape index (κ2) is 11.8. The molecule has 0 unspecified atom stereocenters. The molecule has 188 valence electrons. The lowest BCUT2D eigenvalue weighted by atomic mass is 9.98. The molecule has 0 bridgehead atoms. The molecule has 3 heterocycles. The molecule has 2 fully saturated rings. The fraction of sp³-hybridized carbons (Fsp3) is 0.481. The Morgan fingerprint density at radius 2 is 1.97 bits per heavy atom. The number of morpholine rings is 1. The first-order chi connectivity index (χ1) is 17.0. The summed E-state index contributed by atoms with van der Waals surface area (Å²) in [6.45, 7) is 9.15. The van der Waals surface area contributed by atoms with Crippen LogP contribution in [0.1, 0.15) is 48.2 Å². The van der Waals surface area contributed by atoms with E-state index in [1.165, 1.54) is 11.3 Å². The summed E-state index contributed by atoms with van der Waals surface area (Å²) in [5.74, 6) is -0.564. The van der Waals surface area contributed by atoms with E-state index in [1.807, 2.05) is 36.6 Å². The van der Waals surface area contributed by atoms with Crippen LogP contribution in [0.4, 0.5) is 0 Å². The number of unbranched alkanes of at least 4 members (excludes halogenated alkanes) is 1. The van der Waals surface area contributed by atoms with Crippen LogP contribution in [-0.2, 0) is 14.3 Å². The molecule has 1 amide bonds. The number of ketones is 1. The summed E-state index contributed by atoms with van der Waals surface area (Å²) in [4.78, 5) is 31.1. The van der Waals surface area contributed by atoms with Gasteiger partial charge in [-0.15, -0.1) is 11.3 Å². The van der Waals surface area contributed by atoms with Crippen LogP contribution in [0.3, 0.4) is 0 Å². The number of aliphatic hydroxyl groups is 1. The van der Waals surface area contributed by atoms with E-state index in [9.17, 15) is 14.7 Å². The molecule has 1 atom stereocenters. The predicted octanol–water partition coefficient (Wildman–Crippen LogP) is 4.38. The molecule has 0 saturated carbocycles. The zero-order valence-electron chi connectivity index (χ0n) is 20.5. The van der Waals surface area contributed by atoms with Crippen LogP contribution in [-0.4, -0.2) is 72.6 Å². The molecule has 1 aromatic carbocycles. The minimum Gasteiger partial charge on any atom is -0.507 e. The number of benzene rings is 1. The van der Waals surface area contributed by atoms with Gasteiger partial charge in [-0.1, -0.05) is 19.4 Å². The number of aliphatic hydroxyl groups excluding tert-OH is 1. The quantitative estimate of drug-likeness (QED) is 0.227. The van der Waals surface area contributed by atoms with E-state index in [2.05, 4.69) is 11.8 Å². The molecule has 8 heteroatoms. The van der Waals surface area contributed by atoms with E-state index < -0.39 is 17.7 Å². The van der Waals surface area contributed by atoms with Crippen molar-refractivity contribution >= 4 is 28.8 Å². The number of nitrogens with zero attached hydrogens (tertiary/aromatic N) is 2. The molecule has 2 aliphatic rings. The van der Waals surface area contributed by atoms with Crippen LogP contribution in [0.25, 0.3) is 5.76 Å². The van der Waals surface area contributed by atoms with Crippen molar-refractivity contribution in [3.8, 4) is 5.75 Å². The Hall–Kier alpha value is -2.68. The standard InChI is InChI=1S/C27H34N2O5S/c1-3-4-14-34-21-9-8-20(18-19(21)2)25(30)23-24(22-7-5-17-35-22)29(27(32)26(23)31)11-6-10-28-12-15-33-16-13-28/h5,7-9,17-18,24,30H,3-4,6,10-16H2,1-2H3/t24-/m0/s1. The lowest BCUT2D eigenvalue weighted by Gasteiger charge is -2.28. The van der Waals surface area contributed by atoms with E-state index in [-0.39, 0.29) is 11.3 Å². The Morgan fingerprint density at radius 1 is 1.17 bits per heavy atom. The maximum Gasteiger partial charge on any atom is 0.295 e. The summed E-state index contributed by atoms with van der Waals surface area (Å²) in [6.07, 6.45) is 2.77. The van der Waals surface area contributed by atoms with Gasteiger partial charge in [0.05, 0.1) is 31.4 Å². The molecule has 7 nitrogen and oxygen atoms in total. The molecule has 0 radical (unpaired) electrons. The maximum absolute atomic E-state index is 13.2. The summed E-state index contributed by atoms with van der Waals surface area (Å²) in [5.41, 5.74) is 1.54. The average molecular weight is 499 g/mol. The van der Waals surface area contributed by atoms with E-state index in [0.29, 0.717) is 18.7 Å². The molecule has 4 rings (SSSR count). The van der Waals surface area contributed by atoms with Crippen molar-refractivity contribution in [2.24, 2.45) is 0 Å². The first-order valence-corrected chi connectivity index (χ1v) is 13.2. The number of amides is 1. The fourth-order valence-electron chi connectivity index (χ4n) is 4.58. The number of carbonyl (C=O) groups is 2. The van der Waals surface area contributed by atoms with Gasteiger partial charge in [0, 0.05) is 36.6 Å². The maximum atomic E-state index is 13.2. The van der Waals surface area contributed by atoms with Gasteiger partial charge in [-0.2, -0.15) is 0 Å². The molecular weight excluding hydrogens is 464 g/mol. The Labute approximate surface area is 210 Å². The molecular formula is C27H34N2O5S. The van der Waals surface area contributed by atoms with E-state index in [4.69, 9.17) is 9.47 Å². The molecule has 1 aromatic heterocycles. The highest BCUT2D eigenvalue weighted by molar-refractivity contribution is 7.10. The van der Waals surface area contributed by atoms with Crippen LogP contribution in [0.15, 0.2) is 41.3 Å². The average Bonchev–Trinajstić information content (AvgIpc) is 3.48. The zero-order chi connectivity index (χ0) is 24.8. The van der Waals surface area contributed by atoms with Gasteiger partial charge in [0.25, 0.3) is 11.7 Å². The van der Waals surface area contributed by atoms with Gasteiger partial charge >= 0.3 is 0 Å². The highest BCUT2D eigenvalue weighted by atomic mass is 32.1. The Kier molecular flexibility index (Phi) is 8.59. The van der Waals surface area contributed by atoms with E-state index in [0.717, 1.165) is 68.3 Å². The monoisotopic (exact) mass is 498 g/mol. The van der Waals surface area contributed by atoms with Gasteiger partial charge in [0.15, 0.2) is 0 Å². The third-order valence-corrected chi connectivity index (χ3v) is 7.46. The number of likely N-dealkylation sites (tertiary alicyclic amines) is 1. The third kappa shape index (κ3) is 5.77. The fourth-order valence-corrected chi connectivity index (χ4v) is 5.43. The van der Waals surface area contributed by atoms with Gasteiger partial charge in [0.2, 0.25) is 0 Å². The Bertz CT molecular complexity index is 1060. The van der Waals surface area contributed by atoms with Crippen LogP contribution in [0.2, 0.25) is 0 Å². The van der Waals surface area contributed by atoms with Gasteiger partial charge in [-0.05, 0) is 55.0 Å². The van der Waals surface area contributed by atoms with Crippen molar-refractivity contribution in [1.29, 1.82) is 0 Å². The first kappa shape index (κ1) is 25.4. The highest BCUT2D eigenvalue weighted by Gasteiger charge is 2.46. The lowest BCUT2D eigenvalue weighted by molar-refractivity contribution is -0.140. The number of aryl methyl sites for hydroxylation is 1. The van der Waals surface area contributed by atoms with Crippen molar-refractivity contribution in [1.82, 2.24) is 9.80 Å². The second-order valence-electron chi connectivity index (χ2n) is 9.00. The third-order valence-electron chi connectivity index (χ3n) is 6.53. The van der Waals surface area contributed by atoms with Crippen LogP contribution >= 0.6 is 11.3 Å². The van der Waals surface area contributed by atoms with Gasteiger partial charge < -0.3 is 19.5 Å². The Balaban J connectivity index is 1.59. The zero-order valence-corrected chi connectivity index (χ0v) is 21.3. The van der Waals surface area contributed by atoms with Crippen LogP contribution in [0.5, 0.6) is 5.75 Å². The van der Waals surface area contributed by atoms with Gasteiger partial charge in [-0.3, -0.25) is 14.5 Å². The predicted molar refractivity (Wildman–Crippen MR) is 137 cm³/mol.